The van der Waals surface area contributed by atoms with E-state index in [1.165, 1.54) is 11.3 Å². The number of aromatic nitrogens is 2. The van der Waals surface area contributed by atoms with Crippen LogP contribution in [0.5, 0.6) is 0 Å². The van der Waals surface area contributed by atoms with Crippen molar-refractivity contribution in [3.8, 4) is 0 Å². The minimum absolute atomic E-state index is 0.0809. The van der Waals surface area contributed by atoms with E-state index in [1.807, 2.05) is 0 Å². The zero-order valence-corrected chi connectivity index (χ0v) is 15.2. The number of alkyl halides is 2. The number of carbonyl (C=O) groups excluding carboxylic acids is 2. The highest BCUT2D eigenvalue weighted by atomic mass is 32.1. The third-order valence-corrected chi connectivity index (χ3v) is 6.34. The average molecular weight is 382 g/mol. The molecule has 2 N–H and O–H groups in total. The Kier molecular flexibility index (Phi) is 4.21. The Morgan fingerprint density at radius 3 is 2.73 bits per heavy atom. The van der Waals surface area contributed by atoms with Gasteiger partial charge >= 0.3 is 0 Å². The zero-order chi connectivity index (χ0) is 18.5. The van der Waals surface area contributed by atoms with Gasteiger partial charge in [-0.1, -0.05) is 0 Å². The first-order valence-corrected chi connectivity index (χ1v) is 9.56. The monoisotopic (exact) mass is 382 g/mol. The molecular weight excluding hydrogens is 362 g/mol. The maximum absolute atomic E-state index is 12.9. The van der Waals surface area contributed by atoms with Gasteiger partial charge in [-0.15, -0.1) is 11.3 Å². The predicted molar refractivity (Wildman–Crippen MR) is 93.2 cm³/mol. The van der Waals surface area contributed by atoms with Gasteiger partial charge in [-0.25, -0.2) is 8.78 Å². The van der Waals surface area contributed by atoms with Crippen LogP contribution in [0, 0.1) is 5.92 Å². The van der Waals surface area contributed by atoms with Crippen molar-refractivity contribution in [2.45, 2.75) is 50.6 Å². The van der Waals surface area contributed by atoms with Crippen LogP contribution in [0.15, 0.2) is 6.07 Å². The number of nitrogens with one attached hydrogen (secondary N) is 2. The summed E-state index contributed by atoms with van der Waals surface area (Å²) in [7, 11) is 1.78. The van der Waals surface area contributed by atoms with Crippen LogP contribution in [0.2, 0.25) is 0 Å². The van der Waals surface area contributed by atoms with E-state index in [-0.39, 0.29) is 37.2 Å². The van der Waals surface area contributed by atoms with E-state index >= 15 is 0 Å². The molecule has 2 aliphatic rings. The molecule has 2 heterocycles. The summed E-state index contributed by atoms with van der Waals surface area (Å²) in [6.45, 7) is 0.165. The molecule has 2 aliphatic carbocycles. The fourth-order valence-corrected chi connectivity index (χ4v) is 4.32. The molecule has 2 fully saturated rings. The van der Waals surface area contributed by atoms with Crippen molar-refractivity contribution in [3.05, 3.63) is 16.6 Å². The number of amides is 2. The molecule has 4 rings (SSSR count). The second-order valence-corrected chi connectivity index (χ2v) is 8.21. The lowest BCUT2D eigenvalue weighted by Gasteiger charge is -2.33. The fraction of sp³-hybridized carbons (Fsp3) is 0.588. The van der Waals surface area contributed by atoms with Crippen LogP contribution in [0.4, 0.5) is 8.78 Å². The van der Waals surface area contributed by atoms with E-state index in [4.69, 9.17) is 0 Å². The van der Waals surface area contributed by atoms with Gasteiger partial charge < -0.3 is 10.6 Å². The average Bonchev–Trinajstić information content (AvgIpc) is 3.07. The van der Waals surface area contributed by atoms with E-state index in [1.54, 1.807) is 17.8 Å². The van der Waals surface area contributed by atoms with Crippen LogP contribution in [0.3, 0.4) is 0 Å². The molecule has 2 aromatic heterocycles. The molecule has 0 aromatic carbocycles. The molecule has 0 saturated heterocycles. The Bertz CT molecular complexity index is 864. The number of thiophene rings is 1. The van der Waals surface area contributed by atoms with Gasteiger partial charge in [0.05, 0.1) is 17.1 Å². The first kappa shape index (κ1) is 17.4. The number of aryl methyl sites for hydroxylation is 1. The number of rotatable bonds is 5. The molecule has 0 aliphatic heterocycles. The summed E-state index contributed by atoms with van der Waals surface area (Å²) in [5.74, 6) is -3.79. The molecule has 2 saturated carbocycles. The number of fused-ring (bicyclic) bond motifs is 1. The van der Waals surface area contributed by atoms with Gasteiger partial charge in [0.15, 0.2) is 0 Å². The summed E-state index contributed by atoms with van der Waals surface area (Å²) >= 11 is 1.36. The summed E-state index contributed by atoms with van der Waals surface area (Å²) in [5, 5.41) is 10.9. The quantitative estimate of drug-likeness (QED) is 0.835. The molecule has 2 amide bonds. The predicted octanol–water partition coefficient (Wildman–Crippen LogP) is 2.58. The van der Waals surface area contributed by atoms with Crippen LogP contribution in [-0.2, 0) is 18.4 Å². The Hall–Kier alpha value is -2.03. The van der Waals surface area contributed by atoms with Gasteiger partial charge in [-0.2, -0.15) is 5.10 Å². The van der Waals surface area contributed by atoms with Crippen molar-refractivity contribution >= 4 is 33.4 Å². The van der Waals surface area contributed by atoms with E-state index in [2.05, 4.69) is 15.7 Å². The lowest BCUT2D eigenvalue weighted by atomic mass is 9.81. The summed E-state index contributed by atoms with van der Waals surface area (Å²) < 4.78 is 27.5. The van der Waals surface area contributed by atoms with Crippen LogP contribution in [-0.4, -0.2) is 33.6 Å². The third kappa shape index (κ3) is 3.20. The molecule has 0 radical (unpaired) electrons. The second-order valence-electron chi connectivity index (χ2n) is 7.18. The van der Waals surface area contributed by atoms with Gasteiger partial charge in [0, 0.05) is 37.2 Å². The Morgan fingerprint density at radius 1 is 1.38 bits per heavy atom. The van der Waals surface area contributed by atoms with Crippen molar-refractivity contribution in [2.24, 2.45) is 13.0 Å². The van der Waals surface area contributed by atoms with Gasteiger partial charge in [0.25, 0.3) is 5.91 Å². The smallest absolute Gasteiger partial charge is 0.261 e. The summed E-state index contributed by atoms with van der Waals surface area (Å²) in [6.07, 6.45) is 2.42. The summed E-state index contributed by atoms with van der Waals surface area (Å²) in [6, 6.07) is 2.06. The van der Waals surface area contributed by atoms with E-state index in [0.717, 1.165) is 29.5 Å². The number of hydrogen-bond acceptors (Lipinski definition) is 4. The van der Waals surface area contributed by atoms with Crippen molar-refractivity contribution < 1.29 is 18.4 Å². The van der Waals surface area contributed by atoms with E-state index in [9.17, 15) is 18.4 Å². The maximum atomic E-state index is 12.9. The standard InChI is InChI=1S/C17H20F2N4O2S/c1-23-16-11(5-13(26-16)15(25)21-10-3-2-4-10)12(22-23)8-20-14(24)9-6-17(18,19)7-9/h5,9-10H,2-4,6-8H2,1H3,(H,20,24)(H,21,25). The van der Waals surface area contributed by atoms with Crippen LogP contribution < -0.4 is 10.6 Å². The second kappa shape index (κ2) is 6.29. The van der Waals surface area contributed by atoms with Crippen LogP contribution in [0.1, 0.15) is 47.5 Å². The SMILES string of the molecule is Cn1nc(CNC(=O)C2CC(F)(F)C2)c2cc(C(=O)NC3CCC3)sc21. The highest BCUT2D eigenvalue weighted by molar-refractivity contribution is 7.20. The molecule has 0 atom stereocenters. The topological polar surface area (TPSA) is 76.0 Å². The largest absolute Gasteiger partial charge is 0.350 e. The molecule has 0 bridgehead atoms. The molecule has 0 spiro atoms. The first-order valence-electron chi connectivity index (χ1n) is 8.74. The number of carbonyl (C=O) groups is 2. The zero-order valence-electron chi connectivity index (χ0n) is 14.3. The minimum atomic E-state index is -2.71. The van der Waals surface area contributed by atoms with Crippen LogP contribution in [0.25, 0.3) is 10.2 Å². The molecule has 6 nitrogen and oxygen atoms in total. The van der Waals surface area contributed by atoms with Crippen molar-refractivity contribution in [1.29, 1.82) is 0 Å². The van der Waals surface area contributed by atoms with E-state index in [0.29, 0.717) is 10.6 Å². The molecule has 2 aromatic rings. The van der Waals surface area contributed by atoms with Crippen LogP contribution >= 0.6 is 11.3 Å². The van der Waals surface area contributed by atoms with Crippen molar-refractivity contribution in [2.75, 3.05) is 0 Å². The Balaban J connectivity index is 1.43. The third-order valence-electron chi connectivity index (χ3n) is 5.14. The summed E-state index contributed by atoms with van der Waals surface area (Å²) in [4.78, 5) is 25.8. The maximum Gasteiger partial charge on any atom is 0.261 e. The number of hydrogen-bond donors (Lipinski definition) is 2. The molecule has 9 heteroatoms. The van der Waals surface area contributed by atoms with Crippen molar-refractivity contribution in [3.63, 3.8) is 0 Å². The summed E-state index contributed by atoms with van der Waals surface area (Å²) in [5.41, 5.74) is 0.640. The Morgan fingerprint density at radius 2 is 2.12 bits per heavy atom. The van der Waals surface area contributed by atoms with E-state index < -0.39 is 11.8 Å². The Labute approximate surface area is 152 Å². The molecular formula is C17H20F2N4O2S. The van der Waals surface area contributed by atoms with Gasteiger partial charge in [-0.3, -0.25) is 14.3 Å². The normalized spacial score (nSPS) is 19.8. The first-order chi connectivity index (χ1) is 12.3. The lowest BCUT2D eigenvalue weighted by Crippen LogP contribution is -2.44. The lowest BCUT2D eigenvalue weighted by molar-refractivity contribution is -0.150. The molecule has 140 valence electrons. The fourth-order valence-electron chi connectivity index (χ4n) is 3.32. The molecule has 0 unspecified atom stereocenters. The van der Waals surface area contributed by atoms with Gasteiger partial charge in [0.2, 0.25) is 11.8 Å². The number of halogens is 2. The van der Waals surface area contributed by atoms with Gasteiger partial charge in [-0.05, 0) is 25.3 Å². The highest BCUT2D eigenvalue weighted by Gasteiger charge is 2.48. The minimum Gasteiger partial charge on any atom is -0.350 e. The highest BCUT2D eigenvalue weighted by Crippen LogP contribution is 2.42. The molecule has 26 heavy (non-hydrogen) atoms. The number of nitrogens with zero attached hydrogens (tertiary/aromatic N) is 2. The van der Waals surface area contributed by atoms with Crippen molar-refractivity contribution in [1.82, 2.24) is 20.4 Å². The van der Waals surface area contributed by atoms with Gasteiger partial charge in [0.1, 0.15) is 4.83 Å².